The molecule has 0 radical (unpaired) electrons. The van der Waals surface area contributed by atoms with Gasteiger partial charge in [-0.1, -0.05) is 47.6 Å². The van der Waals surface area contributed by atoms with Gasteiger partial charge in [0.1, 0.15) is 5.69 Å². The maximum Gasteiger partial charge on any atom is 0.167 e. The standard InChI is InChI=1S/C17H13N3O/c1-20-15-10-6-5-9-13(15)18-17(20)14-11-16(21-19-14)12-7-3-2-4-8-12/h2-11H,1H3. The van der Waals surface area contributed by atoms with E-state index in [1.165, 1.54) is 0 Å². The highest BCUT2D eigenvalue weighted by atomic mass is 16.5. The monoisotopic (exact) mass is 275 g/mol. The molecule has 2 aromatic heterocycles. The number of imidazole rings is 1. The molecule has 0 aliphatic rings. The molecule has 102 valence electrons. The lowest BCUT2D eigenvalue weighted by molar-refractivity contribution is 0.434. The lowest BCUT2D eigenvalue weighted by atomic mass is 10.1. The second-order valence-corrected chi connectivity index (χ2v) is 4.93. The molecule has 2 aromatic carbocycles. The van der Waals surface area contributed by atoms with Crippen LogP contribution < -0.4 is 0 Å². The molecule has 0 aliphatic heterocycles. The summed E-state index contributed by atoms with van der Waals surface area (Å²) < 4.78 is 7.48. The number of hydrogen-bond donors (Lipinski definition) is 0. The lowest BCUT2D eigenvalue weighted by Gasteiger charge is -1.97. The number of nitrogens with zero attached hydrogens (tertiary/aromatic N) is 3. The largest absolute Gasteiger partial charge is 0.356 e. The van der Waals surface area contributed by atoms with Gasteiger partial charge in [-0.25, -0.2) is 4.98 Å². The molecule has 0 saturated heterocycles. The van der Waals surface area contributed by atoms with Gasteiger partial charge >= 0.3 is 0 Å². The maximum absolute atomic E-state index is 5.45. The average molecular weight is 275 g/mol. The van der Waals surface area contributed by atoms with Crippen LogP contribution in [0.25, 0.3) is 33.9 Å². The smallest absolute Gasteiger partial charge is 0.167 e. The van der Waals surface area contributed by atoms with Crippen molar-refractivity contribution in [1.82, 2.24) is 14.7 Å². The van der Waals surface area contributed by atoms with Gasteiger partial charge in [-0.15, -0.1) is 0 Å². The van der Waals surface area contributed by atoms with Gasteiger partial charge in [-0.3, -0.25) is 0 Å². The van der Waals surface area contributed by atoms with E-state index in [1.807, 2.05) is 72.3 Å². The van der Waals surface area contributed by atoms with Gasteiger partial charge in [0.25, 0.3) is 0 Å². The van der Waals surface area contributed by atoms with Crippen LogP contribution in [0.3, 0.4) is 0 Å². The molecule has 0 aliphatic carbocycles. The summed E-state index contributed by atoms with van der Waals surface area (Å²) in [7, 11) is 1.99. The van der Waals surface area contributed by atoms with E-state index in [2.05, 4.69) is 10.1 Å². The first kappa shape index (κ1) is 11.9. The summed E-state index contributed by atoms with van der Waals surface area (Å²) >= 11 is 0. The van der Waals surface area contributed by atoms with Crippen LogP contribution in [0.15, 0.2) is 65.2 Å². The summed E-state index contributed by atoms with van der Waals surface area (Å²) in [5.41, 5.74) is 3.79. The molecule has 4 nitrogen and oxygen atoms in total. The highest BCUT2D eigenvalue weighted by Gasteiger charge is 2.14. The first-order chi connectivity index (χ1) is 10.3. The van der Waals surface area contributed by atoms with E-state index in [-0.39, 0.29) is 0 Å². The Labute approximate surface area is 121 Å². The van der Waals surface area contributed by atoms with E-state index in [1.54, 1.807) is 0 Å². The Morgan fingerprint density at radius 2 is 1.71 bits per heavy atom. The zero-order valence-corrected chi connectivity index (χ0v) is 11.5. The predicted octanol–water partition coefficient (Wildman–Crippen LogP) is 3.90. The Balaban J connectivity index is 1.83. The van der Waals surface area contributed by atoms with Gasteiger partial charge < -0.3 is 9.09 Å². The molecule has 4 rings (SSSR count). The molecular formula is C17H13N3O. The van der Waals surface area contributed by atoms with Crippen molar-refractivity contribution in [2.45, 2.75) is 0 Å². The topological polar surface area (TPSA) is 43.9 Å². The van der Waals surface area contributed by atoms with Gasteiger partial charge in [-0.2, -0.15) is 0 Å². The number of fused-ring (bicyclic) bond motifs is 1. The summed E-state index contributed by atoms with van der Waals surface area (Å²) in [5, 5.41) is 4.16. The van der Waals surface area contributed by atoms with Gasteiger partial charge in [0.2, 0.25) is 0 Å². The first-order valence-corrected chi connectivity index (χ1v) is 6.77. The number of para-hydroxylation sites is 2. The van der Waals surface area contributed by atoms with E-state index in [0.29, 0.717) is 0 Å². The third-order valence-electron chi connectivity index (χ3n) is 3.58. The van der Waals surface area contributed by atoms with Gasteiger partial charge in [0.15, 0.2) is 11.6 Å². The summed E-state index contributed by atoms with van der Waals surface area (Å²) in [6.07, 6.45) is 0. The number of hydrogen-bond acceptors (Lipinski definition) is 3. The molecule has 0 bridgehead atoms. The fraction of sp³-hybridized carbons (Fsp3) is 0.0588. The van der Waals surface area contributed by atoms with E-state index in [9.17, 15) is 0 Å². The predicted molar refractivity (Wildman–Crippen MR) is 81.6 cm³/mol. The number of benzene rings is 2. The van der Waals surface area contributed by atoms with E-state index in [4.69, 9.17) is 4.52 Å². The van der Waals surface area contributed by atoms with Crippen molar-refractivity contribution < 1.29 is 4.52 Å². The molecule has 0 amide bonds. The third kappa shape index (κ3) is 1.92. The normalized spacial score (nSPS) is 11.1. The van der Waals surface area contributed by atoms with Crippen molar-refractivity contribution in [3.63, 3.8) is 0 Å². The minimum Gasteiger partial charge on any atom is -0.356 e. The Hall–Kier alpha value is -2.88. The fourth-order valence-electron chi connectivity index (χ4n) is 2.49. The van der Waals surface area contributed by atoms with Crippen LogP contribution in [-0.4, -0.2) is 14.7 Å². The molecular weight excluding hydrogens is 262 g/mol. The lowest BCUT2D eigenvalue weighted by Crippen LogP contribution is -1.92. The maximum atomic E-state index is 5.45. The molecule has 2 heterocycles. The number of rotatable bonds is 2. The van der Waals surface area contributed by atoms with Gasteiger partial charge in [0.05, 0.1) is 11.0 Å². The molecule has 0 fully saturated rings. The first-order valence-electron chi connectivity index (χ1n) is 6.77. The minimum atomic E-state index is 0.743. The second kappa shape index (κ2) is 4.59. The second-order valence-electron chi connectivity index (χ2n) is 4.93. The molecule has 4 heteroatoms. The van der Waals surface area contributed by atoms with Gasteiger partial charge in [-0.05, 0) is 12.1 Å². The van der Waals surface area contributed by atoms with Crippen molar-refractivity contribution in [1.29, 1.82) is 0 Å². The Bertz CT molecular complexity index is 906. The molecule has 21 heavy (non-hydrogen) atoms. The Kier molecular flexibility index (Phi) is 2.60. The van der Waals surface area contributed by atoms with Gasteiger partial charge in [0, 0.05) is 18.7 Å². The summed E-state index contributed by atoms with van der Waals surface area (Å²) in [6, 6.07) is 19.9. The van der Waals surface area contributed by atoms with E-state index >= 15 is 0 Å². The Morgan fingerprint density at radius 1 is 0.952 bits per heavy atom. The molecule has 4 aromatic rings. The quantitative estimate of drug-likeness (QED) is 0.557. The van der Waals surface area contributed by atoms with Crippen LogP contribution in [0.2, 0.25) is 0 Å². The number of aryl methyl sites for hydroxylation is 1. The molecule has 0 atom stereocenters. The van der Waals surface area contributed by atoms with Crippen molar-refractivity contribution in [2.75, 3.05) is 0 Å². The van der Waals surface area contributed by atoms with Crippen molar-refractivity contribution in [2.24, 2.45) is 7.05 Å². The van der Waals surface area contributed by atoms with Crippen LogP contribution in [0, 0.1) is 0 Å². The summed E-state index contributed by atoms with van der Waals surface area (Å²) in [4.78, 5) is 4.63. The van der Waals surface area contributed by atoms with Crippen molar-refractivity contribution in [3.05, 3.63) is 60.7 Å². The fourth-order valence-corrected chi connectivity index (χ4v) is 2.49. The van der Waals surface area contributed by atoms with Crippen molar-refractivity contribution in [3.8, 4) is 22.8 Å². The molecule has 0 spiro atoms. The number of aromatic nitrogens is 3. The van der Waals surface area contributed by atoms with Crippen LogP contribution in [0.4, 0.5) is 0 Å². The minimum absolute atomic E-state index is 0.743. The molecule has 0 unspecified atom stereocenters. The highest BCUT2D eigenvalue weighted by molar-refractivity contribution is 5.80. The van der Waals surface area contributed by atoms with Crippen LogP contribution >= 0.6 is 0 Å². The van der Waals surface area contributed by atoms with E-state index < -0.39 is 0 Å². The third-order valence-corrected chi connectivity index (χ3v) is 3.58. The summed E-state index contributed by atoms with van der Waals surface area (Å²) in [6.45, 7) is 0. The van der Waals surface area contributed by atoms with Crippen LogP contribution in [0.1, 0.15) is 0 Å². The zero-order chi connectivity index (χ0) is 14.2. The summed E-state index contributed by atoms with van der Waals surface area (Å²) in [5.74, 6) is 1.56. The van der Waals surface area contributed by atoms with Crippen molar-refractivity contribution >= 4 is 11.0 Å². The molecule has 0 saturated carbocycles. The van der Waals surface area contributed by atoms with E-state index in [0.717, 1.165) is 33.9 Å². The highest BCUT2D eigenvalue weighted by Crippen LogP contribution is 2.27. The Morgan fingerprint density at radius 3 is 2.52 bits per heavy atom. The van der Waals surface area contributed by atoms with Crippen LogP contribution in [-0.2, 0) is 7.05 Å². The average Bonchev–Trinajstić information content (AvgIpc) is 3.14. The molecule has 0 N–H and O–H groups in total. The zero-order valence-electron chi connectivity index (χ0n) is 11.5. The SMILES string of the molecule is Cn1c(-c2cc(-c3ccccc3)on2)nc2ccccc21. The van der Waals surface area contributed by atoms with Crippen LogP contribution in [0.5, 0.6) is 0 Å².